The molecule has 0 spiro atoms. The number of nitrogens with one attached hydrogen (secondary N) is 2. The predicted octanol–water partition coefficient (Wildman–Crippen LogP) is 3.19. The molecule has 2 aromatic rings. The molecule has 0 atom stereocenters. The van der Waals surface area contributed by atoms with Gasteiger partial charge < -0.3 is 15.4 Å². The van der Waals surface area contributed by atoms with E-state index in [9.17, 15) is 9.18 Å². The third-order valence-electron chi connectivity index (χ3n) is 2.91. The molecule has 0 unspecified atom stereocenters. The Bertz CT molecular complexity index is 644. The van der Waals surface area contributed by atoms with Crippen LogP contribution in [-0.2, 0) is 4.79 Å². The fourth-order valence-corrected chi connectivity index (χ4v) is 1.87. The van der Waals surface area contributed by atoms with E-state index in [0.717, 1.165) is 5.56 Å². The summed E-state index contributed by atoms with van der Waals surface area (Å²) in [7, 11) is 1.50. The summed E-state index contributed by atoms with van der Waals surface area (Å²) in [4.78, 5) is 11.8. The minimum atomic E-state index is -0.431. The molecule has 5 heteroatoms. The van der Waals surface area contributed by atoms with E-state index in [1.165, 1.54) is 25.3 Å². The topological polar surface area (TPSA) is 50.4 Å². The van der Waals surface area contributed by atoms with Crippen molar-refractivity contribution in [3.05, 3.63) is 53.8 Å². The first-order chi connectivity index (χ1) is 10.1. The first kappa shape index (κ1) is 14.8. The molecule has 0 aliphatic rings. The molecule has 0 radical (unpaired) electrons. The Labute approximate surface area is 122 Å². The molecule has 0 saturated carbocycles. The molecule has 0 fully saturated rings. The van der Waals surface area contributed by atoms with E-state index < -0.39 is 5.82 Å². The van der Waals surface area contributed by atoms with Gasteiger partial charge in [0.15, 0.2) is 0 Å². The highest BCUT2D eigenvalue weighted by molar-refractivity contribution is 5.93. The molecule has 0 saturated heterocycles. The van der Waals surface area contributed by atoms with Crippen LogP contribution in [0, 0.1) is 12.7 Å². The van der Waals surface area contributed by atoms with Gasteiger partial charge in [-0.2, -0.15) is 0 Å². The maximum Gasteiger partial charge on any atom is 0.243 e. The number of halogens is 1. The smallest absolute Gasteiger partial charge is 0.243 e. The largest absolute Gasteiger partial charge is 0.497 e. The summed E-state index contributed by atoms with van der Waals surface area (Å²) in [5.74, 6) is -0.153. The highest BCUT2D eigenvalue weighted by Crippen LogP contribution is 2.20. The number of hydrogen-bond acceptors (Lipinski definition) is 3. The molecule has 2 rings (SSSR count). The fraction of sp³-hybridized carbons (Fsp3) is 0.188. The van der Waals surface area contributed by atoms with Crippen molar-refractivity contribution < 1.29 is 13.9 Å². The summed E-state index contributed by atoms with van der Waals surface area (Å²) in [6, 6.07) is 11.8. The van der Waals surface area contributed by atoms with Crippen molar-refractivity contribution in [3.8, 4) is 5.75 Å². The number of hydrogen-bond donors (Lipinski definition) is 2. The van der Waals surface area contributed by atoms with Crippen LogP contribution in [0.25, 0.3) is 0 Å². The van der Waals surface area contributed by atoms with Crippen LogP contribution >= 0.6 is 0 Å². The van der Waals surface area contributed by atoms with E-state index >= 15 is 0 Å². The number of anilines is 2. The number of amides is 1. The summed E-state index contributed by atoms with van der Waals surface area (Å²) >= 11 is 0. The summed E-state index contributed by atoms with van der Waals surface area (Å²) < 4.78 is 18.6. The molecule has 2 N–H and O–H groups in total. The molecule has 2 aromatic carbocycles. The minimum Gasteiger partial charge on any atom is -0.497 e. The van der Waals surface area contributed by atoms with E-state index in [1.807, 2.05) is 25.1 Å². The Morgan fingerprint density at radius 3 is 2.76 bits per heavy atom. The van der Waals surface area contributed by atoms with Gasteiger partial charge in [0.05, 0.1) is 19.3 Å². The normalized spacial score (nSPS) is 10.0. The number of rotatable bonds is 5. The third kappa shape index (κ3) is 4.21. The average Bonchev–Trinajstić information content (AvgIpc) is 2.46. The molecule has 0 aromatic heterocycles. The molecule has 21 heavy (non-hydrogen) atoms. The van der Waals surface area contributed by atoms with E-state index in [0.29, 0.717) is 11.4 Å². The first-order valence-corrected chi connectivity index (χ1v) is 6.52. The SMILES string of the molecule is COc1ccc(F)c(NCC(=O)Nc2cccc(C)c2)c1. The lowest BCUT2D eigenvalue weighted by atomic mass is 10.2. The van der Waals surface area contributed by atoms with Gasteiger partial charge in [0, 0.05) is 11.8 Å². The molecule has 0 bridgehead atoms. The predicted molar refractivity (Wildman–Crippen MR) is 81.3 cm³/mol. The van der Waals surface area contributed by atoms with Crippen LogP contribution in [0.1, 0.15) is 5.56 Å². The number of ether oxygens (including phenoxy) is 1. The van der Waals surface area contributed by atoms with Crippen LogP contribution in [0.3, 0.4) is 0 Å². The van der Waals surface area contributed by atoms with Crippen LogP contribution in [-0.4, -0.2) is 19.6 Å². The highest BCUT2D eigenvalue weighted by Gasteiger charge is 2.07. The van der Waals surface area contributed by atoms with E-state index in [2.05, 4.69) is 10.6 Å². The Morgan fingerprint density at radius 2 is 2.05 bits per heavy atom. The van der Waals surface area contributed by atoms with Crippen molar-refractivity contribution in [2.24, 2.45) is 0 Å². The second kappa shape index (κ2) is 6.74. The zero-order chi connectivity index (χ0) is 15.2. The van der Waals surface area contributed by atoms with Gasteiger partial charge in [-0.05, 0) is 36.8 Å². The quantitative estimate of drug-likeness (QED) is 0.888. The Kier molecular flexibility index (Phi) is 4.77. The van der Waals surface area contributed by atoms with Crippen LogP contribution in [0.5, 0.6) is 5.75 Å². The second-order valence-electron chi connectivity index (χ2n) is 4.62. The maximum absolute atomic E-state index is 13.6. The van der Waals surface area contributed by atoms with Gasteiger partial charge in [0.25, 0.3) is 0 Å². The summed E-state index contributed by atoms with van der Waals surface area (Å²) in [6.45, 7) is 1.91. The number of methoxy groups -OCH3 is 1. The lowest BCUT2D eigenvalue weighted by Gasteiger charge is -2.10. The summed E-state index contributed by atoms with van der Waals surface area (Å²) in [5, 5.41) is 5.50. The van der Waals surface area contributed by atoms with Crippen molar-refractivity contribution in [3.63, 3.8) is 0 Å². The Morgan fingerprint density at radius 1 is 1.24 bits per heavy atom. The van der Waals surface area contributed by atoms with Crippen LogP contribution < -0.4 is 15.4 Å². The molecular weight excluding hydrogens is 271 g/mol. The average molecular weight is 288 g/mol. The monoisotopic (exact) mass is 288 g/mol. The molecule has 0 heterocycles. The molecule has 110 valence electrons. The van der Waals surface area contributed by atoms with Gasteiger partial charge >= 0.3 is 0 Å². The van der Waals surface area contributed by atoms with Crippen molar-refractivity contribution in [2.75, 3.05) is 24.3 Å². The second-order valence-corrected chi connectivity index (χ2v) is 4.62. The van der Waals surface area contributed by atoms with Crippen molar-refractivity contribution in [1.29, 1.82) is 0 Å². The highest BCUT2D eigenvalue weighted by atomic mass is 19.1. The molecule has 1 amide bonds. The fourth-order valence-electron chi connectivity index (χ4n) is 1.87. The summed E-state index contributed by atoms with van der Waals surface area (Å²) in [5.41, 5.74) is 2.00. The zero-order valence-electron chi connectivity index (χ0n) is 11.9. The van der Waals surface area contributed by atoms with Gasteiger partial charge in [0.1, 0.15) is 11.6 Å². The zero-order valence-corrected chi connectivity index (χ0v) is 11.9. The van der Waals surface area contributed by atoms with Gasteiger partial charge in [-0.1, -0.05) is 12.1 Å². The maximum atomic E-state index is 13.6. The van der Waals surface area contributed by atoms with Gasteiger partial charge in [-0.25, -0.2) is 4.39 Å². The van der Waals surface area contributed by atoms with Crippen LogP contribution in [0.2, 0.25) is 0 Å². The van der Waals surface area contributed by atoms with Crippen molar-refractivity contribution in [1.82, 2.24) is 0 Å². The van der Waals surface area contributed by atoms with Gasteiger partial charge in [-0.15, -0.1) is 0 Å². The first-order valence-electron chi connectivity index (χ1n) is 6.52. The van der Waals surface area contributed by atoms with E-state index in [1.54, 1.807) is 6.07 Å². The molecule has 0 aliphatic carbocycles. The lowest BCUT2D eigenvalue weighted by Crippen LogP contribution is -2.22. The Balaban J connectivity index is 1.95. The number of carbonyl (C=O) groups is 1. The molecule has 4 nitrogen and oxygen atoms in total. The van der Waals surface area contributed by atoms with Gasteiger partial charge in [0.2, 0.25) is 5.91 Å². The van der Waals surface area contributed by atoms with Crippen LogP contribution in [0.15, 0.2) is 42.5 Å². The third-order valence-corrected chi connectivity index (χ3v) is 2.91. The Hall–Kier alpha value is -2.56. The lowest BCUT2D eigenvalue weighted by molar-refractivity contribution is -0.114. The number of benzene rings is 2. The van der Waals surface area contributed by atoms with Crippen molar-refractivity contribution in [2.45, 2.75) is 6.92 Å². The van der Waals surface area contributed by atoms with E-state index in [4.69, 9.17) is 4.74 Å². The molecular formula is C16H17FN2O2. The van der Waals surface area contributed by atoms with E-state index in [-0.39, 0.29) is 18.1 Å². The standard InChI is InChI=1S/C16H17FN2O2/c1-11-4-3-5-12(8-11)19-16(20)10-18-15-9-13(21-2)6-7-14(15)17/h3-9,18H,10H2,1-2H3,(H,19,20). The summed E-state index contributed by atoms with van der Waals surface area (Å²) in [6.07, 6.45) is 0. The van der Waals surface area contributed by atoms with Crippen LogP contribution in [0.4, 0.5) is 15.8 Å². The van der Waals surface area contributed by atoms with Gasteiger partial charge in [-0.3, -0.25) is 4.79 Å². The van der Waals surface area contributed by atoms with Crippen molar-refractivity contribution >= 4 is 17.3 Å². The molecule has 0 aliphatic heterocycles. The number of carbonyl (C=O) groups excluding carboxylic acids is 1. The number of aryl methyl sites for hydroxylation is 1. The minimum absolute atomic E-state index is 0.0297.